The molecule has 1 amide bonds. The zero-order valence-corrected chi connectivity index (χ0v) is 9.63. The van der Waals surface area contributed by atoms with Gasteiger partial charge in [0.2, 0.25) is 0 Å². The molecule has 0 spiro atoms. The second-order valence-electron chi connectivity index (χ2n) is 3.38. The van der Waals surface area contributed by atoms with Gasteiger partial charge in [-0.05, 0) is 24.6 Å². The number of carboxylic acid groups (broad SMARTS) is 1. The van der Waals surface area contributed by atoms with Crippen LogP contribution in [-0.4, -0.2) is 23.5 Å². The van der Waals surface area contributed by atoms with Gasteiger partial charge in [0.05, 0.1) is 5.02 Å². The normalized spacial score (nSPS) is 10.0. The molecule has 0 saturated heterocycles. The van der Waals surface area contributed by atoms with Crippen LogP contribution in [0.1, 0.15) is 23.2 Å². The quantitative estimate of drug-likeness (QED) is 0.796. The largest absolute Gasteiger partial charge is 0.481 e. The minimum atomic E-state index is -0.913. The Morgan fingerprint density at radius 3 is 2.71 bits per heavy atom. The highest BCUT2D eigenvalue weighted by Crippen LogP contribution is 2.15. The summed E-state index contributed by atoms with van der Waals surface area (Å²) in [6.45, 7) is 0.250. The van der Waals surface area contributed by atoms with Crippen molar-refractivity contribution in [3.05, 3.63) is 34.6 Å². The predicted molar refractivity (Wildman–Crippen MR) is 60.6 cm³/mol. The molecule has 0 aliphatic heterocycles. The molecule has 0 heterocycles. The van der Waals surface area contributed by atoms with Crippen molar-refractivity contribution in [2.24, 2.45) is 0 Å². The van der Waals surface area contributed by atoms with Crippen molar-refractivity contribution in [1.82, 2.24) is 5.32 Å². The molecule has 1 aromatic rings. The van der Waals surface area contributed by atoms with Crippen molar-refractivity contribution in [1.29, 1.82) is 0 Å². The standard InChI is InChI=1S/C11H11ClFNO3/c12-8-6-7(3-4-9(8)13)11(17)14-5-1-2-10(15)16/h3-4,6H,1-2,5H2,(H,14,17)(H,15,16). The molecule has 2 N–H and O–H groups in total. The molecule has 0 fully saturated rings. The highest BCUT2D eigenvalue weighted by Gasteiger charge is 2.08. The first kappa shape index (κ1) is 13.4. The Hall–Kier alpha value is -1.62. The number of carbonyl (C=O) groups excluding carboxylic acids is 1. The molecule has 0 aromatic heterocycles. The number of hydrogen-bond donors (Lipinski definition) is 2. The Morgan fingerprint density at radius 2 is 2.12 bits per heavy atom. The number of amides is 1. The van der Waals surface area contributed by atoms with E-state index < -0.39 is 17.7 Å². The Morgan fingerprint density at radius 1 is 1.41 bits per heavy atom. The van der Waals surface area contributed by atoms with Crippen LogP contribution in [-0.2, 0) is 4.79 Å². The first-order valence-electron chi connectivity index (χ1n) is 4.95. The topological polar surface area (TPSA) is 66.4 Å². The molecule has 6 heteroatoms. The number of rotatable bonds is 5. The lowest BCUT2D eigenvalue weighted by atomic mass is 10.2. The third-order valence-corrected chi connectivity index (χ3v) is 2.32. The fraction of sp³-hybridized carbons (Fsp3) is 0.273. The number of hydrogen-bond acceptors (Lipinski definition) is 2. The smallest absolute Gasteiger partial charge is 0.303 e. The zero-order chi connectivity index (χ0) is 12.8. The van der Waals surface area contributed by atoms with Gasteiger partial charge in [0.15, 0.2) is 0 Å². The maximum atomic E-state index is 12.8. The molecule has 0 aliphatic rings. The lowest BCUT2D eigenvalue weighted by Crippen LogP contribution is -2.24. The molecule has 1 aromatic carbocycles. The summed E-state index contributed by atoms with van der Waals surface area (Å²) in [5.74, 6) is -1.91. The first-order chi connectivity index (χ1) is 8.00. The van der Waals surface area contributed by atoms with Crippen LogP contribution in [0.15, 0.2) is 18.2 Å². The van der Waals surface area contributed by atoms with Gasteiger partial charge < -0.3 is 10.4 Å². The van der Waals surface area contributed by atoms with Crippen LogP contribution in [0.3, 0.4) is 0 Å². The van der Waals surface area contributed by atoms with Crippen molar-refractivity contribution in [2.75, 3.05) is 6.54 Å². The molecule has 17 heavy (non-hydrogen) atoms. The second kappa shape index (κ2) is 6.20. The average molecular weight is 260 g/mol. The fourth-order valence-electron chi connectivity index (χ4n) is 1.18. The molecule has 0 aliphatic carbocycles. The van der Waals surface area contributed by atoms with Gasteiger partial charge in [-0.25, -0.2) is 4.39 Å². The van der Waals surface area contributed by atoms with E-state index in [1.54, 1.807) is 0 Å². The van der Waals surface area contributed by atoms with Gasteiger partial charge in [0.1, 0.15) is 5.82 Å². The average Bonchev–Trinajstić information content (AvgIpc) is 2.27. The Kier molecular flexibility index (Phi) is 4.90. The Labute approximate surface area is 102 Å². The van der Waals surface area contributed by atoms with Gasteiger partial charge >= 0.3 is 5.97 Å². The summed E-state index contributed by atoms with van der Waals surface area (Å²) < 4.78 is 12.8. The van der Waals surface area contributed by atoms with Crippen LogP contribution >= 0.6 is 11.6 Å². The Balaban J connectivity index is 2.47. The van der Waals surface area contributed by atoms with Gasteiger partial charge in [0, 0.05) is 18.5 Å². The van der Waals surface area contributed by atoms with E-state index in [9.17, 15) is 14.0 Å². The molecule has 92 valence electrons. The van der Waals surface area contributed by atoms with Gasteiger partial charge in [-0.15, -0.1) is 0 Å². The first-order valence-corrected chi connectivity index (χ1v) is 5.33. The van der Waals surface area contributed by atoms with Gasteiger partial charge in [0.25, 0.3) is 5.91 Å². The van der Waals surface area contributed by atoms with E-state index in [1.807, 2.05) is 0 Å². The maximum absolute atomic E-state index is 12.8. The third-order valence-electron chi connectivity index (χ3n) is 2.03. The summed E-state index contributed by atoms with van der Waals surface area (Å²) in [5, 5.41) is 10.8. The highest BCUT2D eigenvalue weighted by molar-refractivity contribution is 6.31. The van der Waals surface area contributed by atoms with Gasteiger partial charge in [-0.1, -0.05) is 11.6 Å². The lowest BCUT2D eigenvalue weighted by molar-refractivity contribution is -0.137. The van der Waals surface area contributed by atoms with Crippen molar-refractivity contribution in [2.45, 2.75) is 12.8 Å². The second-order valence-corrected chi connectivity index (χ2v) is 3.79. The van der Waals surface area contributed by atoms with Crippen molar-refractivity contribution >= 4 is 23.5 Å². The van der Waals surface area contributed by atoms with Crippen LogP contribution in [0.5, 0.6) is 0 Å². The molecular weight excluding hydrogens is 249 g/mol. The highest BCUT2D eigenvalue weighted by atomic mass is 35.5. The molecule has 1 rings (SSSR count). The van der Waals surface area contributed by atoms with E-state index in [4.69, 9.17) is 16.7 Å². The monoisotopic (exact) mass is 259 g/mol. The maximum Gasteiger partial charge on any atom is 0.303 e. The van der Waals surface area contributed by atoms with E-state index in [-0.39, 0.29) is 23.6 Å². The predicted octanol–water partition coefficient (Wildman–Crippen LogP) is 2.07. The van der Waals surface area contributed by atoms with Crippen LogP contribution in [0.2, 0.25) is 5.02 Å². The molecule has 0 bridgehead atoms. The zero-order valence-electron chi connectivity index (χ0n) is 8.87. The lowest BCUT2D eigenvalue weighted by Gasteiger charge is -2.04. The molecule has 0 saturated carbocycles. The van der Waals surface area contributed by atoms with Crippen molar-refractivity contribution in [3.8, 4) is 0 Å². The summed E-state index contributed by atoms with van der Waals surface area (Å²) in [6.07, 6.45) is 0.334. The summed E-state index contributed by atoms with van der Waals surface area (Å²) in [4.78, 5) is 21.7. The SMILES string of the molecule is O=C(O)CCCNC(=O)c1ccc(F)c(Cl)c1. The van der Waals surface area contributed by atoms with Crippen molar-refractivity contribution < 1.29 is 19.1 Å². The number of aliphatic carboxylic acids is 1. The van der Waals surface area contributed by atoms with Crippen molar-refractivity contribution in [3.63, 3.8) is 0 Å². The number of benzene rings is 1. The van der Waals surface area contributed by atoms with Crippen LogP contribution in [0.4, 0.5) is 4.39 Å². The number of carboxylic acids is 1. The van der Waals surface area contributed by atoms with E-state index in [0.717, 1.165) is 6.07 Å². The third kappa shape index (κ3) is 4.40. The number of halogens is 2. The van der Waals surface area contributed by atoms with Gasteiger partial charge in [-0.3, -0.25) is 9.59 Å². The summed E-state index contributed by atoms with van der Waals surface area (Å²) in [7, 11) is 0. The number of carbonyl (C=O) groups is 2. The fourth-order valence-corrected chi connectivity index (χ4v) is 1.36. The van der Waals surface area contributed by atoms with Gasteiger partial charge in [-0.2, -0.15) is 0 Å². The van der Waals surface area contributed by atoms with E-state index in [0.29, 0.717) is 6.42 Å². The number of nitrogens with one attached hydrogen (secondary N) is 1. The molecule has 0 unspecified atom stereocenters. The van der Waals surface area contributed by atoms with E-state index >= 15 is 0 Å². The minimum absolute atomic E-state index is 0.00947. The van der Waals surface area contributed by atoms with Crippen LogP contribution < -0.4 is 5.32 Å². The minimum Gasteiger partial charge on any atom is -0.481 e. The molecule has 0 radical (unpaired) electrons. The van der Waals surface area contributed by atoms with E-state index in [2.05, 4.69) is 5.32 Å². The summed E-state index contributed by atoms with van der Waals surface area (Å²) >= 11 is 5.53. The Bertz CT molecular complexity index is 437. The van der Waals surface area contributed by atoms with Crippen LogP contribution in [0, 0.1) is 5.82 Å². The van der Waals surface area contributed by atoms with Crippen LogP contribution in [0.25, 0.3) is 0 Å². The molecular formula is C11H11ClFNO3. The molecule has 0 atom stereocenters. The summed E-state index contributed by atoms with van der Waals surface area (Å²) in [5.41, 5.74) is 0.242. The summed E-state index contributed by atoms with van der Waals surface area (Å²) in [6, 6.07) is 3.64. The van der Waals surface area contributed by atoms with E-state index in [1.165, 1.54) is 12.1 Å². The molecule has 4 nitrogen and oxygen atoms in total.